The Labute approximate surface area is 126 Å². The molecule has 0 aliphatic carbocycles. The summed E-state index contributed by atoms with van der Waals surface area (Å²) < 4.78 is 27.8. The number of hydrogen-bond donors (Lipinski definition) is 1. The summed E-state index contributed by atoms with van der Waals surface area (Å²) in [5, 5.41) is 3.33. The van der Waals surface area contributed by atoms with Crippen LogP contribution >= 0.6 is 15.9 Å². The lowest BCUT2D eigenvalue weighted by Crippen LogP contribution is -2.23. The second kappa shape index (κ2) is 6.95. The van der Waals surface area contributed by atoms with E-state index in [1.807, 2.05) is 24.3 Å². The molecule has 0 saturated heterocycles. The molecular weight excluding hydrogens is 324 g/mol. The second-order valence-corrected chi connectivity index (χ2v) is 5.56. The molecule has 0 radical (unpaired) electrons. The Balaban J connectivity index is 2.38. The zero-order valence-electron chi connectivity index (χ0n) is 11.2. The van der Waals surface area contributed by atoms with Crippen molar-refractivity contribution in [2.75, 3.05) is 6.54 Å². The fourth-order valence-corrected chi connectivity index (χ4v) is 2.38. The number of hydrogen-bond acceptors (Lipinski definition) is 1. The monoisotopic (exact) mass is 339 g/mol. The standard InChI is InChI=1S/C16H16BrF2N/c1-2-7-20-16(11-3-5-13(17)6-4-11)12-8-14(18)10-15(19)9-12/h3-6,8-10,16,20H,2,7H2,1H3. The molecule has 1 nitrogen and oxygen atoms in total. The number of benzene rings is 2. The zero-order valence-corrected chi connectivity index (χ0v) is 12.8. The van der Waals surface area contributed by atoms with E-state index in [1.54, 1.807) is 0 Å². The quantitative estimate of drug-likeness (QED) is 0.823. The van der Waals surface area contributed by atoms with Crippen LogP contribution in [0.3, 0.4) is 0 Å². The fraction of sp³-hybridized carbons (Fsp3) is 0.250. The molecule has 0 spiro atoms. The van der Waals surface area contributed by atoms with Gasteiger partial charge in [-0.1, -0.05) is 35.0 Å². The molecule has 2 aromatic rings. The lowest BCUT2D eigenvalue weighted by Gasteiger charge is -2.20. The van der Waals surface area contributed by atoms with Crippen molar-refractivity contribution in [3.63, 3.8) is 0 Å². The summed E-state index contributed by atoms with van der Waals surface area (Å²) >= 11 is 3.39. The Kier molecular flexibility index (Phi) is 5.26. The van der Waals surface area contributed by atoms with E-state index in [2.05, 4.69) is 28.2 Å². The normalized spacial score (nSPS) is 12.4. The van der Waals surface area contributed by atoms with Crippen LogP contribution in [-0.2, 0) is 0 Å². The summed E-state index contributed by atoms with van der Waals surface area (Å²) in [6.45, 7) is 2.83. The summed E-state index contributed by atoms with van der Waals surface area (Å²) in [7, 11) is 0. The molecule has 0 bridgehead atoms. The minimum absolute atomic E-state index is 0.215. The molecule has 0 heterocycles. The lowest BCUT2D eigenvalue weighted by molar-refractivity contribution is 0.558. The summed E-state index contributed by atoms with van der Waals surface area (Å²) in [5.41, 5.74) is 1.57. The molecule has 106 valence electrons. The SMILES string of the molecule is CCCNC(c1ccc(Br)cc1)c1cc(F)cc(F)c1. The van der Waals surface area contributed by atoms with Gasteiger partial charge >= 0.3 is 0 Å². The van der Waals surface area contributed by atoms with Gasteiger partial charge < -0.3 is 5.32 Å². The maximum Gasteiger partial charge on any atom is 0.126 e. The van der Waals surface area contributed by atoms with Crippen LogP contribution in [0.4, 0.5) is 8.78 Å². The van der Waals surface area contributed by atoms with E-state index in [-0.39, 0.29) is 6.04 Å². The third kappa shape index (κ3) is 3.87. The first-order valence-electron chi connectivity index (χ1n) is 6.55. The van der Waals surface area contributed by atoms with Gasteiger partial charge in [0.1, 0.15) is 11.6 Å². The van der Waals surface area contributed by atoms with Crippen LogP contribution < -0.4 is 5.32 Å². The highest BCUT2D eigenvalue weighted by molar-refractivity contribution is 9.10. The van der Waals surface area contributed by atoms with E-state index in [0.29, 0.717) is 5.56 Å². The first-order chi connectivity index (χ1) is 9.60. The van der Waals surface area contributed by atoms with E-state index in [1.165, 1.54) is 12.1 Å². The van der Waals surface area contributed by atoms with Gasteiger partial charge in [-0.05, 0) is 48.4 Å². The van der Waals surface area contributed by atoms with Gasteiger partial charge in [-0.25, -0.2) is 8.78 Å². The summed E-state index contributed by atoms with van der Waals surface area (Å²) in [6, 6.07) is 11.2. The van der Waals surface area contributed by atoms with Gasteiger partial charge in [0.2, 0.25) is 0 Å². The fourth-order valence-electron chi connectivity index (χ4n) is 2.11. The molecule has 2 aromatic carbocycles. The predicted octanol–water partition coefficient (Wildman–Crippen LogP) is 4.82. The third-order valence-electron chi connectivity index (χ3n) is 3.02. The molecule has 4 heteroatoms. The highest BCUT2D eigenvalue weighted by Gasteiger charge is 2.15. The van der Waals surface area contributed by atoms with Gasteiger partial charge in [-0.2, -0.15) is 0 Å². The zero-order chi connectivity index (χ0) is 14.5. The van der Waals surface area contributed by atoms with Gasteiger partial charge in [-0.15, -0.1) is 0 Å². The Bertz CT molecular complexity index is 549. The van der Waals surface area contributed by atoms with Crippen molar-refractivity contribution in [2.24, 2.45) is 0 Å². The summed E-state index contributed by atoms with van der Waals surface area (Å²) in [6.07, 6.45) is 0.949. The molecular formula is C16H16BrF2N. The largest absolute Gasteiger partial charge is 0.306 e. The molecule has 0 amide bonds. The Morgan fingerprint density at radius 1 is 1.00 bits per heavy atom. The van der Waals surface area contributed by atoms with Crippen LogP contribution in [0.5, 0.6) is 0 Å². The summed E-state index contributed by atoms with van der Waals surface area (Å²) in [5.74, 6) is -1.11. The second-order valence-electron chi connectivity index (χ2n) is 4.64. The van der Waals surface area contributed by atoms with Crippen LogP contribution in [0.1, 0.15) is 30.5 Å². The highest BCUT2D eigenvalue weighted by Crippen LogP contribution is 2.25. The van der Waals surface area contributed by atoms with Crippen LogP contribution in [0, 0.1) is 11.6 Å². The van der Waals surface area contributed by atoms with Crippen LogP contribution in [-0.4, -0.2) is 6.54 Å². The van der Waals surface area contributed by atoms with E-state index in [0.717, 1.165) is 29.1 Å². The maximum atomic E-state index is 13.4. The van der Waals surface area contributed by atoms with Crippen molar-refractivity contribution in [1.82, 2.24) is 5.32 Å². The third-order valence-corrected chi connectivity index (χ3v) is 3.55. The first-order valence-corrected chi connectivity index (χ1v) is 7.34. The predicted molar refractivity (Wildman–Crippen MR) is 80.6 cm³/mol. The minimum Gasteiger partial charge on any atom is -0.306 e. The average molecular weight is 340 g/mol. The van der Waals surface area contributed by atoms with Gasteiger partial charge in [0, 0.05) is 10.5 Å². The van der Waals surface area contributed by atoms with Crippen molar-refractivity contribution in [2.45, 2.75) is 19.4 Å². The molecule has 1 unspecified atom stereocenters. The van der Waals surface area contributed by atoms with Crippen LogP contribution in [0.25, 0.3) is 0 Å². The smallest absolute Gasteiger partial charge is 0.126 e. The number of rotatable bonds is 5. The number of nitrogens with one attached hydrogen (secondary N) is 1. The van der Waals surface area contributed by atoms with Crippen molar-refractivity contribution in [3.8, 4) is 0 Å². The van der Waals surface area contributed by atoms with Crippen LogP contribution in [0.15, 0.2) is 46.9 Å². The highest BCUT2D eigenvalue weighted by atomic mass is 79.9. The average Bonchev–Trinajstić information content (AvgIpc) is 2.40. The first kappa shape index (κ1) is 15.1. The Morgan fingerprint density at radius 2 is 1.60 bits per heavy atom. The molecule has 2 rings (SSSR count). The summed E-state index contributed by atoms with van der Waals surface area (Å²) in [4.78, 5) is 0. The Morgan fingerprint density at radius 3 is 2.15 bits per heavy atom. The van der Waals surface area contributed by atoms with Crippen molar-refractivity contribution < 1.29 is 8.78 Å². The molecule has 20 heavy (non-hydrogen) atoms. The van der Waals surface area contributed by atoms with Gasteiger partial charge in [0.05, 0.1) is 6.04 Å². The van der Waals surface area contributed by atoms with Crippen molar-refractivity contribution in [1.29, 1.82) is 0 Å². The van der Waals surface area contributed by atoms with Crippen LogP contribution in [0.2, 0.25) is 0 Å². The topological polar surface area (TPSA) is 12.0 Å². The van der Waals surface area contributed by atoms with Crippen molar-refractivity contribution in [3.05, 3.63) is 69.7 Å². The molecule has 0 aliphatic heterocycles. The van der Waals surface area contributed by atoms with E-state index >= 15 is 0 Å². The maximum absolute atomic E-state index is 13.4. The van der Waals surface area contributed by atoms with Gasteiger partial charge in [-0.3, -0.25) is 0 Å². The Hall–Kier alpha value is -1.26. The molecule has 0 aromatic heterocycles. The molecule has 0 fully saturated rings. The molecule has 0 saturated carbocycles. The number of halogens is 3. The molecule has 1 atom stereocenters. The molecule has 1 N–H and O–H groups in total. The lowest BCUT2D eigenvalue weighted by atomic mass is 9.98. The van der Waals surface area contributed by atoms with Crippen molar-refractivity contribution >= 4 is 15.9 Å². The van der Waals surface area contributed by atoms with Gasteiger partial charge in [0.15, 0.2) is 0 Å². The minimum atomic E-state index is -0.555. The van der Waals surface area contributed by atoms with Gasteiger partial charge in [0.25, 0.3) is 0 Å². The molecule has 0 aliphatic rings. The van der Waals surface area contributed by atoms with E-state index in [4.69, 9.17) is 0 Å². The van der Waals surface area contributed by atoms with E-state index in [9.17, 15) is 8.78 Å². The van der Waals surface area contributed by atoms with E-state index < -0.39 is 11.6 Å².